The molecular formula is C15H18N4. The van der Waals surface area contributed by atoms with Crippen molar-refractivity contribution in [3.8, 4) is 17.5 Å². The molecule has 0 aliphatic carbocycles. The van der Waals surface area contributed by atoms with Crippen molar-refractivity contribution in [1.29, 1.82) is 5.26 Å². The van der Waals surface area contributed by atoms with Gasteiger partial charge in [-0.05, 0) is 31.2 Å². The Bertz CT molecular complexity index is 615. The molecule has 0 aliphatic heterocycles. The van der Waals surface area contributed by atoms with Gasteiger partial charge in [0, 0.05) is 38.1 Å². The fraction of sp³-hybridized carbons (Fsp3) is 0.333. The highest BCUT2D eigenvalue weighted by molar-refractivity contribution is 5.61. The summed E-state index contributed by atoms with van der Waals surface area (Å²) in [5, 5.41) is 8.81. The van der Waals surface area contributed by atoms with Gasteiger partial charge in [0.15, 0.2) is 0 Å². The summed E-state index contributed by atoms with van der Waals surface area (Å²) >= 11 is 0. The quantitative estimate of drug-likeness (QED) is 0.845. The number of nitrogens with zero attached hydrogens (tertiary/aromatic N) is 4. The zero-order chi connectivity index (χ0) is 14.0. The van der Waals surface area contributed by atoms with Crippen LogP contribution < -0.4 is 4.90 Å². The lowest BCUT2D eigenvalue weighted by Gasteiger charge is -2.12. The second-order valence-electron chi connectivity index (χ2n) is 4.80. The Morgan fingerprint density at radius 3 is 2.42 bits per heavy atom. The van der Waals surface area contributed by atoms with Crippen LogP contribution in [0, 0.1) is 18.3 Å². The van der Waals surface area contributed by atoms with Crippen LogP contribution in [0.2, 0.25) is 0 Å². The van der Waals surface area contributed by atoms with Gasteiger partial charge in [0.1, 0.15) is 5.82 Å². The molecule has 0 spiro atoms. The smallest absolute Gasteiger partial charge is 0.140 e. The molecule has 0 radical (unpaired) electrons. The van der Waals surface area contributed by atoms with Gasteiger partial charge in [-0.3, -0.25) is 0 Å². The summed E-state index contributed by atoms with van der Waals surface area (Å²) in [6, 6.07) is 10.4. The minimum Gasteiger partial charge on any atom is -0.378 e. The van der Waals surface area contributed by atoms with Crippen molar-refractivity contribution in [3.05, 3.63) is 35.7 Å². The van der Waals surface area contributed by atoms with Gasteiger partial charge >= 0.3 is 0 Å². The third kappa shape index (κ3) is 2.45. The van der Waals surface area contributed by atoms with Crippen molar-refractivity contribution in [1.82, 2.24) is 9.55 Å². The van der Waals surface area contributed by atoms with Gasteiger partial charge in [-0.1, -0.05) is 0 Å². The molecule has 0 fully saturated rings. The van der Waals surface area contributed by atoms with E-state index in [1.807, 2.05) is 32.6 Å². The Kier molecular flexibility index (Phi) is 3.57. The molecule has 0 atom stereocenters. The molecule has 98 valence electrons. The number of benzene rings is 1. The summed E-state index contributed by atoms with van der Waals surface area (Å²) in [7, 11) is 6.02. The monoisotopic (exact) mass is 254 g/mol. The van der Waals surface area contributed by atoms with Gasteiger partial charge < -0.3 is 9.47 Å². The number of aromatic nitrogens is 2. The lowest BCUT2D eigenvalue weighted by molar-refractivity contribution is 0.879. The summed E-state index contributed by atoms with van der Waals surface area (Å²) in [5.74, 6) is 0.910. The van der Waals surface area contributed by atoms with Crippen molar-refractivity contribution in [2.45, 2.75) is 13.3 Å². The molecule has 19 heavy (non-hydrogen) atoms. The fourth-order valence-electron chi connectivity index (χ4n) is 2.05. The SMILES string of the molecule is Cc1c(CC#N)nc(-c2ccc(N(C)C)cc2)n1C. The first kappa shape index (κ1) is 13.2. The molecule has 1 aromatic heterocycles. The van der Waals surface area contributed by atoms with E-state index in [-0.39, 0.29) is 0 Å². The van der Waals surface area contributed by atoms with Crippen LogP contribution in [0.15, 0.2) is 24.3 Å². The molecule has 0 aliphatic rings. The molecule has 2 rings (SSSR count). The van der Waals surface area contributed by atoms with Crippen LogP contribution in [-0.4, -0.2) is 23.6 Å². The summed E-state index contributed by atoms with van der Waals surface area (Å²) in [5.41, 5.74) is 4.14. The van der Waals surface area contributed by atoms with Crippen molar-refractivity contribution >= 4 is 5.69 Å². The van der Waals surface area contributed by atoms with Gasteiger partial charge in [-0.15, -0.1) is 0 Å². The predicted molar refractivity (Wildman–Crippen MR) is 77.0 cm³/mol. The van der Waals surface area contributed by atoms with Crippen molar-refractivity contribution in [3.63, 3.8) is 0 Å². The molecule has 1 aromatic carbocycles. The lowest BCUT2D eigenvalue weighted by atomic mass is 10.2. The van der Waals surface area contributed by atoms with E-state index in [1.165, 1.54) is 0 Å². The topological polar surface area (TPSA) is 44.9 Å². The molecule has 0 saturated carbocycles. The molecule has 2 aromatic rings. The molecule has 0 saturated heterocycles. The van der Waals surface area contributed by atoms with Gasteiger partial charge in [0.25, 0.3) is 0 Å². The second kappa shape index (κ2) is 5.15. The van der Waals surface area contributed by atoms with Gasteiger partial charge in [-0.25, -0.2) is 4.98 Å². The van der Waals surface area contributed by atoms with Crippen LogP contribution in [0.1, 0.15) is 11.4 Å². The highest BCUT2D eigenvalue weighted by atomic mass is 15.1. The maximum Gasteiger partial charge on any atom is 0.140 e. The van der Waals surface area contributed by atoms with E-state index in [9.17, 15) is 0 Å². The van der Waals surface area contributed by atoms with Crippen molar-refractivity contribution < 1.29 is 0 Å². The summed E-state index contributed by atoms with van der Waals surface area (Å²) in [4.78, 5) is 6.63. The molecule has 1 heterocycles. The molecule has 4 nitrogen and oxygen atoms in total. The van der Waals surface area contributed by atoms with Crippen LogP contribution in [0.25, 0.3) is 11.4 Å². The van der Waals surface area contributed by atoms with E-state index in [0.29, 0.717) is 6.42 Å². The number of rotatable bonds is 3. The Morgan fingerprint density at radius 1 is 1.26 bits per heavy atom. The zero-order valence-corrected chi connectivity index (χ0v) is 11.8. The van der Waals surface area contributed by atoms with Crippen LogP contribution in [0.5, 0.6) is 0 Å². The van der Waals surface area contributed by atoms with E-state index in [0.717, 1.165) is 28.5 Å². The highest BCUT2D eigenvalue weighted by Gasteiger charge is 2.12. The first-order valence-electron chi connectivity index (χ1n) is 6.21. The summed E-state index contributed by atoms with van der Waals surface area (Å²) < 4.78 is 2.04. The maximum absolute atomic E-state index is 8.81. The third-order valence-electron chi connectivity index (χ3n) is 3.37. The average Bonchev–Trinajstić information content (AvgIpc) is 2.68. The number of imidazole rings is 1. The van der Waals surface area contributed by atoms with Crippen LogP contribution >= 0.6 is 0 Å². The van der Waals surface area contributed by atoms with Crippen molar-refractivity contribution in [2.24, 2.45) is 7.05 Å². The molecule has 0 unspecified atom stereocenters. The zero-order valence-electron chi connectivity index (χ0n) is 11.8. The Hall–Kier alpha value is -2.28. The van der Waals surface area contributed by atoms with Gasteiger partial charge in [0.2, 0.25) is 0 Å². The largest absolute Gasteiger partial charge is 0.378 e. The van der Waals surface area contributed by atoms with Crippen molar-refractivity contribution in [2.75, 3.05) is 19.0 Å². The first-order valence-corrected chi connectivity index (χ1v) is 6.21. The van der Waals surface area contributed by atoms with Crippen LogP contribution in [0.3, 0.4) is 0 Å². The average molecular weight is 254 g/mol. The maximum atomic E-state index is 8.81. The second-order valence-corrected chi connectivity index (χ2v) is 4.80. The standard InChI is InChI=1S/C15H18N4/c1-11-14(9-10-16)17-15(19(11)4)12-5-7-13(8-6-12)18(2)3/h5-8H,9H2,1-4H3. The number of hydrogen-bond acceptors (Lipinski definition) is 3. The minimum atomic E-state index is 0.357. The molecule has 0 bridgehead atoms. The highest BCUT2D eigenvalue weighted by Crippen LogP contribution is 2.23. The van der Waals surface area contributed by atoms with E-state index in [2.05, 4.69) is 40.2 Å². The first-order chi connectivity index (χ1) is 9.04. The Balaban J connectivity index is 2.42. The van der Waals surface area contributed by atoms with Crippen LogP contribution in [-0.2, 0) is 13.5 Å². The number of anilines is 1. The van der Waals surface area contributed by atoms with Gasteiger partial charge in [-0.2, -0.15) is 5.26 Å². The van der Waals surface area contributed by atoms with E-state index in [4.69, 9.17) is 5.26 Å². The van der Waals surface area contributed by atoms with Gasteiger partial charge in [0.05, 0.1) is 18.2 Å². The van der Waals surface area contributed by atoms with E-state index < -0.39 is 0 Å². The Labute approximate surface area is 113 Å². The predicted octanol–water partition coefficient (Wildman–Crippen LogP) is 2.53. The summed E-state index contributed by atoms with van der Waals surface area (Å²) in [6.45, 7) is 2.00. The molecule has 4 heteroatoms. The fourth-order valence-corrected chi connectivity index (χ4v) is 2.05. The number of hydrogen-bond donors (Lipinski definition) is 0. The molecule has 0 amide bonds. The minimum absolute atomic E-state index is 0.357. The Morgan fingerprint density at radius 2 is 1.89 bits per heavy atom. The third-order valence-corrected chi connectivity index (χ3v) is 3.37. The molecular weight excluding hydrogens is 236 g/mol. The van der Waals surface area contributed by atoms with E-state index >= 15 is 0 Å². The van der Waals surface area contributed by atoms with E-state index in [1.54, 1.807) is 0 Å². The normalized spacial score (nSPS) is 10.3. The lowest BCUT2D eigenvalue weighted by Crippen LogP contribution is -2.08. The molecule has 0 N–H and O–H groups in total. The summed E-state index contributed by atoms with van der Waals surface area (Å²) in [6.07, 6.45) is 0.357. The number of nitriles is 1. The van der Waals surface area contributed by atoms with Crippen LogP contribution in [0.4, 0.5) is 5.69 Å².